The third-order valence-corrected chi connectivity index (χ3v) is 2.60. The highest BCUT2D eigenvalue weighted by molar-refractivity contribution is 6.29. The van der Waals surface area contributed by atoms with E-state index in [0.717, 1.165) is 6.42 Å². The second-order valence-corrected chi connectivity index (χ2v) is 4.40. The first kappa shape index (κ1) is 15.2. The van der Waals surface area contributed by atoms with Crippen LogP contribution in [0.25, 0.3) is 0 Å². The van der Waals surface area contributed by atoms with Gasteiger partial charge in [0.05, 0.1) is 6.54 Å². The van der Waals surface area contributed by atoms with E-state index in [1.54, 1.807) is 7.05 Å². The molecule has 0 aromatic carbocycles. The van der Waals surface area contributed by atoms with Crippen LogP contribution in [0, 0.1) is 0 Å². The highest BCUT2D eigenvalue weighted by Gasteiger charge is 2.17. The van der Waals surface area contributed by atoms with E-state index in [9.17, 15) is 9.59 Å². The standard InChI is InChI=1S/C12H16ClN3O3/c1-3-6-14-10(17)7-16(2)11-8(12(18)19)4-5-9(13)15-11/h4-5H,3,6-7H2,1-2H3,(H,14,17)(H,18,19). The number of aromatic carboxylic acids is 1. The Balaban J connectivity index is 2.86. The molecule has 0 fully saturated rings. The lowest BCUT2D eigenvalue weighted by Gasteiger charge is -2.19. The van der Waals surface area contributed by atoms with E-state index in [1.165, 1.54) is 17.0 Å². The van der Waals surface area contributed by atoms with Crippen molar-refractivity contribution in [2.24, 2.45) is 0 Å². The maximum Gasteiger partial charge on any atom is 0.339 e. The second-order valence-electron chi connectivity index (χ2n) is 4.02. The molecule has 0 radical (unpaired) electrons. The predicted octanol–water partition coefficient (Wildman–Crippen LogP) is 1.40. The number of carboxylic acids is 1. The summed E-state index contributed by atoms with van der Waals surface area (Å²) < 4.78 is 0. The van der Waals surface area contributed by atoms with Gasteiger partial charge in [0.1, 0.15) is 16.5 Å². The Morgan fingerprint density at radius 3 is 2.74 bits per heavy atom. The van der Waals surface area contributed by atoms with Gasteiger partial charge in [-0.1, -0.05) is 18.5 Å². The van der Waals surface area contributed by atoms with Gasteiger partial charge >= 0.3 is 5.97 Å². The van der Waals surface area contributed by atoms with E-state index < -0.39 is 5.97 Å². The largest absolute Gasteiger partial charge is 0.478 e. The summed E-state index contributed by atoms with van der Waals surface area (Å²) in [6.07, 6.45) is 0.839. The maximum absolute atomic E-state index is 11.6. The molecule has 1 aromatic heterocycles. The van der Waals surface area contributed by atoms with Crippen LogP contribution >= 0.6 is 11.6 Å². The molecule has 2 N–H and O–H groups in total. The molecule has 7 heteroatoms. The zero-order valence-electron chi connectivity index (χ0n) is 10.8. The van der Waals surface area contributed by atoms with Crippen molar-refractivity contribution >= 4 is 29.3 Å². The van der Waals surface area contributed by atoms with Gasteiger partial charge in [-0.25, -0.2) is 9.78 Å². The Morgan fingerprint density at radius 1 is 1.47 bits per heavy atom. The molecule has 0 saturated carbocycles. The summed E-state index contributed by atoms with van der Waals surface area (Å²) in [6.45, 7) is 2.56. The van der Waals surface area contributed by atoms with Crippen LogP contribution in [0.1, 0.15) is 23.7 Å². The Kier molecular flexibility index (Phi) is 5.57. The lowest BCUT2D eigenvalue weighted by atomic mass is 10.2. The zero-order valence-corrected chi connectivity index (χ0v) is 11.6. The number of carbonyl (C=O) groups is 2. The van der Waals surface area contributed by atoms with Gasteiger partial charge in [-0.15, -0.1) is 0 Å². The van der Waals surface area contributed by atoms with Crippen molar-refractivity contribution in [1.29, 1.82) is 0 Å². The molecule has 1 rings (SSSR count). The molecule has 0 spiro atoms. The highest BCUT2D eigenvalue weighted by Crippen LogP contribution is 2.19. The summed E-state index contributed by atoms with van der Waals surface area (Å²) in [6, 6.07) is 2.77. The van der Waals surface area contributed by atoms with Crippen LogP contribution in [0.5, 0.6) is 0 Å². The number of hydrogen-bond donors (Lipinski definition) is 2. The molecule has 0 aliphatic carbocycles. The molecule has 6 nitrogen and oxygen atoms in total. The SMILES string of the molecule is CCCNC(=O)CN(C)c1nc(Cl)ccc1C(=O)O. The maximum atomic E-state index is 11.6. The molecular formula is C12H16ClN3O3. The van der Waals surface area contributed by atoms with Gasteiger partial charge < -0.3 is 15.3 Å². The van der Waals surface area contributed by atoms with Crippen LogP contribution in [0.4, 0.5) is 5.82 Å². The van der Waals surface area contributed by atoms with Crippen molar-refractivity contribution in [3.63, 3.8) is 0 Å². The van der Waals surface area contributed by atoms with Crippen LogP contribution in [-0.4, -0.2) is 42.1 Å². The summed E-state index contributed by atoms with van der Waals surface area (Å²) in [7, 11) is 1.59. The Hall–Kier alpha value is -1.82. The molecule has 0 aliphatic rings. The van der Waals surface area contributed by atoms with Crippen LogP contribution < -0.4 is 10.2 Å². The van der Waals surface area contributed by atoms with E-state index in [-0.39, 0.29) is 29.0 Å². The van der Waals surface area contributed by atoms with Crippen molar-refractivity contribution < 1.29 is 14.7 Å². The molecule has 0 unspecified atom stereocenters. The Morgan fingerprint density at radius 2 is 2.16 bits per heavy atom. The van der Waals surface area contributed by atoms with E-state index in [1.807, 2.05) is 6.92 Å². The van der Waals surface area contributed by atoms with E-state index >= 15 is 0 Å². The highest BCUT2D eigenvalue weighted by atomic mass is 35.5. The number of nitrogens with one attached hydrogen (secondary N) is 1. The number of pyridine rings is 1. The van der Waals surface area contributed by atoms with Crippen molar-refractivity contribution in [3.8, 4) is 0 Å². The van der Waals surface area contributed by atoms with Gasteiger partial charge in [-0.3, -0.25) is 4.79 Å². The third kappa shape index (κ3) is 4.40. The third-order valence-electron chi connectivity index (χ3n) is 2.39. The molecule has 0 bridgehead atoms. The Bertz CT molecular complexity index is 479. The number of nitrogens with zero attached hydrogens (tertiary/aromatic N) is 2. The smallest absolute Gasteiger partial charge is 0.339 e. The lowest BCUT2D eigenvalue weighted by molar-refractivity contribution is -0.119. The van der Waals surface area contributed by atoms with Gasteiger partial charge in [0.25, 0.3) is 0 Å². The fourth-order valence-corrected chi connectivity index (χ4v) is 1.64. The number of halogens is 1. The summed E-state index contributed by atoms with van der Waals surface area (Å²) in [5.74, 6) is -1.13. The van der Waals surface area contributed by atoms with Gasteiger partial charge in [-0.05, 0) is 18.6 Å². The summed E-state index contributed by atoms with van der Waals surface area (Å²) >= 11 is 5.75. The number of likely N-dealkylation sites (N-methyl/N-ethyl adjacent to an activating group) is 1. The monoisotopic (exact) mass is 285 g/mol. The van der Waals surface area contributed by atoms with Crippen molar-refractivity contribution in [2.75, 3.05) is 25.0 Å². The number of aromatic nitrogens is 1. The minimum Gasteiger partial charge on any atom is -0.478 e. The molecule has 0 aliphatic heterocycles. The molecule has 0 saturated heterocycles. The summed E-state index contributed by atoms with van der Waals surface area (Å²) in [5, 5.41) is 12.0. The number of rotatable bonds is 6. The topological polar surface area (TPSA) is 82.5 Å². The van der Waals surface area contributed by atoms with Crippen molar-refractivity contribution in [3.05, 3.63) is 22.8 Å². The molecule has 104 valence electrons. The van der Waals surface area contributed by atoms with Gasteiger partial charge in [0.2, 0.25) is 5.91 Å². The lowest BCUT2D eigenvalue weighted by Crippen LogP contribution is -2.36. The average Bonchev–Trinajstić information content (AvgIpc) is 2.35. The zero-order chi connectivity index (χ0) is 14.4. The van der Waals surface area contributed by atoms with Gasteiger partial charge in [0, 0.05) is 13.6 Å². The summed E-state index contributed by atoms with van der Waals surface area (Å²) in [4.78, 5) is 28.1. The quantitative estimate of drug-likeness (QED) is 0.772. The molecule has 1 aromatic rings. The molecule has 19 heavy (non-hydrogen) atoms. The first-order chi connectivity index (χ1) is 8.95. The van der Waals surface area contributed by atoms with Crippen LogP contribution in [0.3, 0.4) is 0 Å². The van der Waals surface area contributed by atoms with Gasteiger partial charge in [0.15, 0.2) is 0 Å². The molecule has 1 heterocycles. The number of carbonyl (C=O) groups excluding carboxylic acids is 1. The predicted molar refractivity (Wildman–Crippen MR) is 72.8 cm³/mol. The van der Waals surface area contributed by atoms with Gasteiger partial charge in [-0.2, -0.15) is 0 Å². The fraction of sp³-hybridized carbons (Fsp3) is 0.417. The normalized spacial score (nSPS) is 10.1. The molecule has 0 atom stereocenters. The molecular weight excluding hydrogens is 270 g/mol. The van der Waals surface area contributed by atoms with Crippen LogP contribution in [0.2, 0.25) is 5.15 Å². The fourth-order valence-electron chi connectivity index (χ4n) is 1.49. The number of carboxylic acid groups (broad SMARTS) is 1. The second kappa shape index (κ2) is 6.94. The van der Waals surface area contributed by atoms with E-state index in [2.05, 4.69) is 10.3 Å². The summed E-state index contributed by atoms with van der Waals surface area (Å²) in [5.41, 5.74) is 0.00944. The van der Waals surface area contributed by atoms with E-state index in [4.69, 9.17) is 16.7 Å². The average molecular weight is 286 g/mol. The van der Waals surface area contributed by atoms with Crippen molar-refractivity contribution in [1.82, 2.24) is 10.3 Å². The Labute approximate surface area is 116 Å². The van der Waals surface area contributed by atoms with E-state index in [0.29, 0.717) is 6.54 Å². The number of anilines is 1. The molecule has 1 amide bonds. The number of amides is 1. The van der Waals surface area contributed by atoms with Crippen molar-refractivity contribution in [2.45, 2.75) is 13.3 Å². The number of hydrogen-bond acceptors (Lipinski definition) is 4. The van der Waals surface area contributed by atoms with Crippen LogP contribution in [-0.2, 0) is 4.79 Å². The minimum absolute atomic E-state index is 0.00944. The van der Waals surface area contributed by atoms with Crippen LogP contribution in [0.15, 0.2) is 12.1 Å². The minimum atomic E-state index is -1.11. The first-order valence-corrected chi connectivity index (χ1v) is 6.21. The first-order valence-electron chi connectivity index (χ1n) is 5.83.